The van der Waals surface area contributed by atoms with Gasteiger partial charge in [0.25, 0.3) is 0 Å². The number of hydrogen-bond donors (Lipinski definition) is 2. The van der Waals surface area contributed by atoms with Crippen molar-refractivity contribution in [1.29, 1.82) is 0 Å². The second-order valence-electron chi connectivity index (χ2n) is 3.80. The Hall–Kier alpha value is -1.78. The van der Waals surface area contributed by atoms with Gasteiger partial charge in [0.15, 0.2) is 0 Å². The summed E-state index contributed by atoms with van der Waals surface area (Å²) >= 11 is 0. The molecule has 1 unspecified atom stereocenters. The van der Waals surface area contributed by atoms with Gasteiger partial charge >= 0.3 is 0 Å². The van der Waals surface area contributed by atoms with Gasteiger partial charge in [-0.15, -0.1) is 0 Å². The zero-order valence-electron chi connectivity index (χ0n) is 8.60. The number of aromatic nitrogens is 1. The summed E-state index contributed by atoms with van der Waals surface area (Å²) in [5.74, 6) is 0.426. The topological polar surface area (TPSA) is 85.2 Å². The largest absolute Gasteiger partial charge is 0.398 e. The van der Waals surface area contributed by atoms with E-state index in [-0.39, 0.29) is 11.9 Å². The lowest BCUT2D eigenvalue weighted by Crippen LogP contribution is -2.55. The zero-order chi connectivity index (χ0) is 11.0. The molecular formula is C10H14N4O. The highest BCUT2D eigenvalue weighted by Crippen LogP contribution is 2.26. The van der Waals surface area contributed by atoms with Crippen LogP contribution in [0.15, 0.2) is 12.3 Å². The number of hydrogen-bond acceptors (Lipinski definition) is 4. The van der Waals surface area contributed by atoms with Crippen LogP contribution in [0.2, 0.25) is 0 Å². The molecule has 0 radical (unpaired) electrons. The first-order chi connectivity index (χ1) is 7.09. The fourth-order valence-corrected chi connectivity index (χ4v) is 1.64. The molecule has 1 fully saturated rings. The quantitative estimate of drug-likeness (QED) is 0.715. The predicted molar refractivity (Wildman–Crippen MR) is 58.3 cm³/mol. The molecule has 0 aliphatic carbocycles. The number of nitrogens with two attached hydrogens (primary N) is 2. The predicted octanol–water partition coefficient (Wildman–Crippen LogP) is 0.0362. The van der Waals surface area contributed by atoms with Gasteiger partial charge in [0.05, 0.1) is 0 Å². The van der Waals surface area contributed by atoms with Crippen molar-refractivity contribution in [2.75, 3.05) is 17.2 Å². The highest BCUT2D eigenvalue weighted by molar-refractivity contribution is 5.85. The van der Waals surface area contributed by atoms with Crippen LogP contribution in [-0.4, -0.2) is 23.5 Å². The van der Waals surface area contributed by atoms with Gasteiger partial charge in [-0.3, -0.25) is 4.79 Å². The summed E-state index contributed by atoms with van der Waals surface area (Å²) in [5, 5.41) is 0. The van der Waals surface area contributed by atoms with Crippen molar-refractivity contribution >= 4 is 17.4 Å². The van der Waals surface area contributed by atoms with Crippen LogP contribution in [-0.2, 0) is 4.79 Å². The van der Waals surface area contributed by atoms with Gasteiger partial charge in [-0.25, -0.2) is 4.98 Å². The lowest BCUT2D eigenvalue weighted by molar-refractivity contribution is -0.120. The summed E-state index contributed by atoms with van der Waals surface area (Å²) in [4.78, 5) is 17.1. The number of nitrogen functional groups attached to an aromatic ring is 1. The average molecular weight is 206 g/mol. The van der Waals surface area contributed by atoms with Gasteiger partial charge in [-0.2, -0.15) is 0 Å². The number of rotatable bonds is 2. The third-order valence-electron chi connectivity index (χ3n) is 2.77. The summed E-state index contributed by atoms with van der Waals surface area (Å²) in [5.41, 5.74) is 12.7. The Morgan fingerprint density at radius 2 is 2.40 bits per heavy atom. The summed E-state index contributed by atoms with van der Waals surface area (Å²) in [6.45, 7) is 2.71. The maximum Gasteiger partial charge on any atom is 0.240 e. The molecule has 2 heterocycles. The Balaban J connectivity index is 2.23. The standard InChI is InChI=1S/C10H14N4O/c1-6-5-13-9(4-7(6)11)14-3-2-8(14)10(12)15/h4-5,8H,2-3H2,1H3,(H2,11,13)(H2,12,15). The number of nitrogens with zero attached hydrogens (tertiary/aromatic N) is 2. The number of pyridine rings is 1. The molecular weight excluding hydrogens is 192 g/mol. The highest BCUT2D eigenvalue weighted by Gasteiger charge is 2.33. The first kappa shape index (κ1) is 9.76. The Labute approximate surface area is 88.1 Å². The highest BCUT2D eigenvalue weighted by atomic mass is 16.1. The van der Waals surface area contributed by atoms with Crippen molar-refractivity contribution in [1.82, 2.24) is 4.98 Å². The average Bonchev–Trinajstić information content (AvgIpc) is 2.08. The smallest absolute Gasteiger partial charge is 0.240 e. The van der Waals surface area contributed by atoms with Crippen molar-refractivity contribution in [3.63, 3.8) is 0 Å². The number of amides is 1. The maximum atomic E-state index is 11.0. The molecule has 5 nitrogen and oxygen atoms in total. The van der Waals surface area contributed by atoms with Crippen molar-refractivity contribution in [2.45, 2.75) is 19.4 Å². The summed E-state index contributed by atoms with van der Waals surface area (Å²) in [7, 11) is 0. The fraction of sp³-hybridized carbons (Fsp3) is 0.400. The maximum absolute atomic E-state index is 11.0. The number of anilines is 2. The minimum absolute atomic E-state index is 0.223. The molecule has 1 saturated heterocycles. The van der Waals surface area contributed by atoms with Crippen LogP contribution in [0.5, 0.6) is 0 Å². The summed E-state index contributed by atoms with van der Waals surface area (Å²) in [6, 6.07) is 1.56. The molecule has 1 aromatic heterocycles. The number of carbonyl (C=O) groups excluding carboxylic acids is 1. The molecule has 1 aliphatic heterocycles. The van der Waals surface area contributed by atoms with Crippen molar-refractivity contribution in [2.24, 2.45) is 5.73 Å². The minimum Gasteiger partial charge on any atom is -0.398 e. The molecule has 0 aromatic carbocycles. The van der Waals surface area contributed by atoms with E-state index >= 15 is 0 Å². The third-order valence-corrected chi connectivity index (χ3v) is 2.77. The second kappa shape index (κ2) is 3.42. The normalized spacial score (nSPS) is 19.8. The van der Waals surface area contributed by atoms with Gasteiger partial charge in [0.2, 0.25) is 5.91 Å². The monoisotopic (exact) mass is 206 g/mol. The number of carbonyl (C=O) groups is 1. The SMILES string of the molecule is Cc1cnc(N2CCC2C(N)=O)cc1N. The third kappa shape index (κ3) is 1.60. The van der Waals surface area contributed by atoms with Crippen molar-refractivity contribution in [3.8, 4) is 0 Å². The molecule has 80 valence electrons. The zero-order valence-corrected chi connectivity index (χ0v) is 8.60. The van der Waals surface area contributed by atoms with E-state index in [9.17, 15) is 4.79 Å². The first-order valence-electron chi connectivity index (χ1n) is 4.87. The minimum atomic E-state index is -0.304. The van der Waals surface area contributed by atoms with E-state index < -0.39 is 0 Å². The lowest BCUT2D eigenvalue weighted by atomic mass is 10.0. The van der Waals surface area contributed by atoms with Gasteiger partial charge in [-0.1, -0.05) is 0 Å². The summed E-state index contributed by atoms with van der Waals surface area (Å²) < 4.78 is 0. The van der Waals surface area contributed by atoms with Crippen LogP contribution in [0, 0.1) is 6.92 Å². The van der Waals surface area contributed by atoms with Crippen LogP contribution in [0.25, 0.3) is 0 Å². The molecule has 1 aromatic rings. The molecule has 1 atom stereocenters. The molecule has 15 heavy (non-hydrogen) atoms. The van der Waals surface area contributed by atoms with E-state index in [1.807, 2.05) is 11.8 Å². The van der Waals surface area contributed by atoms with Crippen LogP contribution < -0.4 is 16.4 Å². The van der Waals surface area contributed by atoms with Crippen LogP contribution in [0.3, 0.4) is 0 Å². The van der Waals surface area contributed by atoms with E-state index in [1.165, 1.54) is 0 Å². The van der Waals surface area contributed by atoms with Crippen LogP contribution >= 0.6 is 0 Å². The molecule has 0 spiro atoms. The number of primary amides is 1. The van der Waals surface area contributed by atoms with E-state index in [1.54, 1.807) is 12.3 Å². The van der Waals surface area contributed by atoms with E-state index in [0.717, 1.165) is 24.3 Å². The van der Waals surface area contributed by atoms with Gasteiger partial charge < -0.3 is 16.4 Å². The molecule has 1 aliphatic rings. The molecule has 1 amide bonds. The molecule has 2 rings (SSSR count). The molecule has 0 saturated carbocycles. The van der Waals surface area contributed by atoms with Gasteiger partial charge in [-0.05, 0) is 18.9 Å². The van der Waals surface area contributed by atoms with E-state index in [2.05, 4.69) is 4.98 Å². The van der Waals surface area contributed by atoms with Crippen LogP contribution in [0.1, 0.15) is 12.0 Å². The first-order valence-corrected chi connectivity index (χ1v) is 4.87. The van der Waals surface area contributed by atoms with Gasteiger partial charge in [0, 0.05) is 24.5 Å². The van der Waals surface area contributed by atoms with Gasteiger partial charge in [0.1, 0.15) is 11.9 Å². The Morgan fingerprint density at radius 1 is 1.67 bits per heavy atom. The van der Waals surface area contributed by atoms with E-state index in [0.29, 0.717) is 5.69 Å². The second-order valence-corrected chi connectivity index (χ2v) is 3.80. The lowest BCUT2D eigenvalue weighted by Gasteiger charge is -2.39. The molecule has 0 bridgehead atoms. The van der Waals surface area contributed by atoms with Crippen LogP contribution in [0.4, 0.5) is 11.5 Å². The van der Waals surface area contributed by atoms with Crippen molar-refractivity contribution < 1.29 is 4.79 Å². The number of aryl methyl sites for hydroxylation is 1. The fourth-order valence-electron chi connectivity index (χ4n) is 1.64. The van der Waals surface area contributed by atoms with E-state index in [4.69, 9.17) is 11.5 Å². The molecule has 5 heteroatoms. The molecule has 4 N–H and O–H groups in total. The Kier molecular flexibility index (Phi) is 2.22. The summed E-state index contributed by atoms with van der Waals surface area (Å²) in [6.07, 6.45) is 2.51. The van der Waals surface area contributed by atoms with Crippen molar-refractivity contribution in [3.05, 3.63) is 17.8 Å². The Bertz CT molecular complexity index is 404. The Morgan fingerprint density at radius 3 is 2.87 bits per heavy atom.